The van der Waals surface area contributed by atoms with Gasteiger partial charge in [-0.15, -0.1) is 0 Å². The van der Waals surface area contributed by atoms with Crippen LogP contribution in [0.4, 0.5) is 0 Å². The van der Waals surface area contributed by atoms with E-state index >= 15 is 0 Å². The number of fused-ring (bicyclic) bond motifs is 3. The van der Waals surface area contributed by atoms with Crippen molar-refractivity contribution in [2.24, 2.45) is 5.92 Å². The summed E-state index contributed by atoms with van der Waals surface area (Å²) in [6, 6.07) is 17.2. The standard InChI is InChI=1S/C24H25N3O/c28-24-20-7-4-8-21-23(20)19(14-26(21)13-17-5-2-1-3-6-17)15-27(24)22-16-25-11-9-18(22)10-12-25/h1-8,14,18,22H,9-13,15-16H2/t22-/m0/s1. The van der Waals surface area contributed by atoms with Crippen molar-refractivity contribution in [3.8, 4) is 0 Å². The topological polar surface area (TPSA) is 28.5 Å². The molecule has 4 nitrogen and oxygen atoms in total. The minimum Gasteiger partial charge on any atom is -0.343 e. The predicted octanol–water partition coefficient (Wildman–Crippen LogP) is 3.74. The van der Waals surface area contributed by atoms with Gasteiger partial charge in [0.05, 0.1) is 0 Å². The monoisotopic (exact) mass is 371 g/mol. The first kappa shape index (κ1) is 16.4. The van der Waals surface area contributed by atoms with Crippen molar-refractivity contribution in [1.29, 1.82) is 0 Å². The Morgan fingerprint density at radius 1 is 0.964 bits per heavy atom. The molecule has 0 saturated carbocycles. The summed E-state index contributed by atoms with van der Waals surface area (Å²) in [5, 5.41) is 1.17. The van der Waals surface area contributed by atoms with Crippen molar-refractivity contribution in [3.63, 3.8) is 0 Å². The maximum Gasteiger partial charge on any atom is 0.255 e. The van der Waals surface area contributed by atoms with Crippen molar-refractivity contribution in [2.75, 3.05) is 19.6 Å². The van der Waals surface area contributed by atoms with E-state index in [9.17, 15) is 4.79 Å². The molecule has 1 amide bonds. The second-order valence-electron chi connectivity index (χ2n) is 8.61. The average Bonchev–Trinajstić information content (AvgIpc) is 3.10. The summed E-state index contributed by atoms with van der Waals surface area (Å²) in [5.74, 6) is 0.899. The summed E-state index contributed by atoms with van der Waals surface area (Å²) < 4.78 is 2.32. The van der Waals surface area contributed by atoms with Gasteiger partial charge in [-0.3, -0.25) is 4.79 Å². The first-order chi connectivity index (χ1) is 13.8. The maximum atomic E-state index is 13.4. The largest absolute Gasteiger partial charge is 0.343 e. The van der Waals surface area contributed by atoms with E-state index in [0.717, 1.165) is 25.2 Å². The fraction of sp³-hybridized carbons (Fsp3) is 0.375. The molecule has 0 spiro atoms. The van der Waals surface area contributed by atoms with E-state index in [4.69, 9.17) is 0 Å². The zero-order valence-corrected chi connectivity index (χ0v) is 16.1. The Bertz CT molecular complexity index is 1050. The van der Waals surface area contributed by atoms with Gasteiger partial charge in [0, 0.05) is 48.3 Å². The molecule has 1 atom stereocenters. The van der Waals surface area contributed by atoms with Gasteiger partial charge in [-0.2, -0.15) is 0 Å². The summed E-state index contributed by atoms with van der Waals surface area (Å²) in [4.78, 5) is 18.2. The summed E-state index contributed by atoms with van der Waals surface area (Å²) in [7, 11) is 0. The number of carbonyl (C=O) groups is 1. The highest BCUT2D eigenvalue weighted by atomic mass is 16.2. The van der Waals surface area contributed by atoms with Crippen LogP contribution >= 0.6 is 0 Å². The SMILES string of the molecule is O=C1c2cccc3c2c(cn3Cc2ccccc2)CN1[C@H]1CN2CCC1CC2. The van der Waals surface area contributed by atoms with Crippen LogP contribution in [0.5, 0.6) is 0 Å². The van der Waals surface area contributed by atoms with Gasteiger partial charge in [0.1, 0.15) is 0 Å². The fourth-order valence-electron chi connectivity index (χ4n) is 5.61. The van der Waals surface area contributed by atoms with E-state index in [-0.39, 0.29) is 5.91 Å². The zero-order valence-electron chi connectivity index (χ0n) is 16.1. The molecule has 5 heterocycles. The lowest BCUT2D eigenvalue weighted by Gasteiger charge is -2.49. The molecule has 0 unspecified atom stereocenters. The first-order valence-corrected chi connectivity index (χ1v) is 10.5. The van der Waals surface area contributed by atoms with Crippen molar-refractivity contribution < 1.29 is 4.79 Å². The van der Waals surface area contributed by atoms with Gasteiger partial charge >= 0.3 is 0 Å². The Balaban J connectivity index is 1.40. The molecule has 3 aromatic rings. The molecule has 0 aliphatic carbocycles. The Morgan fingerprint density at radius 3 is 2.54 bits per heavy atom. The van der Waals surface area contributed by atoms with Crippen molar-refractivity contribution >= 4 is 16.8 Å². The highest BCUT2D eigenvalue weighted by Gasteiger charge is 2.41. The molecular weight excluding hydrogens is 346 g/mol. The lowest BCUT2D eigenvalue weighted by atomic mass is 9.82. The van der Waals surface area contributed by atoms with Crippen LogP contribution in [0.2, 0.25) is 0 Å². The van der Waals surface area contributed by atoms with Crippen LogP contribution in [-0.2, 0) is 13.1 Å². The van der Waals surface area contributed by atoms with E-state index in [0.29, 0.717) is 12.0 Å². The third-order valence-electron chi connectivity index (χ3n) is 7.03. The predicted molar refractivity (Wildman–Crippen MR) is 110 cm³/mol. The molecule has 0 N–H and O–H groups in total. The lowest BCUT2D eigenvalue weighted by Crippen LogP contribution is -2.58. The van der Waals surface area contributed by atoms with E-state index < -0.39 is 0 Å². The van der Waals surface area contributed by atoms with E-state index in [1.807, 2.05) is 12.1 Å². The van der Waals surface area contributed by atoms with Crippen LogP contribution < -0.4 is 0 Å². The van der Waals surface area contributed by atoms with Crippen LogP contribution in [0.25, 0.3) is 10.9 Å². The molecule has 2 bridgehead atoms. The second kappa shape index (κ2) is 6.21. The lowest BCUT2D eigenvalue weighted by molar-refractivity contribution is 0.00407. The number of rotatable bonds is 3. The molecule has 4 aliphatic heterocycles. The average molecular weight is 371 g/mol. The van der Waals surface area contributed by atoms with Crippen LogP contribution in [0.3, 0.4) is 0 Å². The Kier molecular flexibility index (Phi) is 3.63. The van der Waals surface area contributed by atoms with Crippen LogP contribution in [0.1, 0.15) is 34.3 Å². The van der Waals surface area contributed by atoms with E-state index in [1.54, 1.807) is 0 Å². The summed E-state index contributed by atoms with van der Waals surface area (Å²) >= 11 is 0. The van der Waals surface area contributed by atoms with Gasteiger partial charge in [-0.25, -0.2) is 0 Å². The summed E-state index contributed by atoms with van der Waals surface area (Å²) in [6.07, 6.45) is 4.75. The van der Waals surface area contributed by atoms with Gasteiger partial charge in [0.15, 0.2) is 0 Å². The minimum absolute atomic E-state index is 0.231. The molecule has 0 radical (unpaired) electrons. The Hall–Kier alpha value is -2.59. The molecular formula is C24H25N3O. The first-order valence-electron chi connectivity index (χ1n) is 10.5. The smallest absolute Gasteiger partial charge is 0.255 e. The molecule has 3 fully saturated rings. The molecule has 2 aromatic carbocycles. The molecule has 142 valence electrons. The van der Waals surface area contributed by atoms with Gasteiger partial charge in [-0.1, -0.05) is 36.4 Å². The Labute approximate surface area is 165 Å². The number of benzene rings is 2. The molecule has 7 rings (SSSR count). The maximum absolute atomic E-state index is 13.4. The molecule has 28 heavy (non-hydrogen) atoms. The minimum atomic E-state index is 0.231. The second-order valence-corrected chi connectivity index (χ2v) is 8.61. The number of carbonyl (C=O) groups excluding carboxylic acids is 1. The van der Waals surface area contributed by atoms with Crippen molar-refractivity contribution in [2.45, 2.75) is 32.0 Å². The number of nitrogens with zero attached hydrogens (tertiary/aromatic N) is 3. The fourth-order valence-corrected chi connectivity index (χ4v) is 5.61. The normalized spacial score (nSPS) is 26.2. The highest BCUT2D eigenvalue weighted by Crippen LogP contribution is 2.37. The van der Waals surface area contributed by atoms with Crippen molar-refractivity contribution in [1.82, 2.24) is 14.4 Å². The van der Waals surface area contributed by atoms with Gasteiger partial charge in [0.2, 0.25) is 0 Å². The third kappa shape index (κ3) is 2.44. The molecule has 4 heteroatoms. The quantitative estimate of drug-likeness (QED) is 0.702. The van der Waals surface area contributed by atoms with Gasteiger partial charge < -0.3 is 14.4 Å². The van der Waals surface area contributed by atoms with Gasteiger partial charge in [0.25, 0.3) is 5.91 Å². The van der Waals surface area contributed by atoms with Crippen LogP contribution in [0, 0.1) is 5.92 Å². The summed E-state index contributed by atoms with van der Waals surface area (Å²) in [5.41, 5.74) is 4.66. The van der Waals surface area contributed by atoms with E-state index in [2.05, 4.69) is 57.0 Å². The van der Waals surface area contributed by atoms with Crippen LogP contribution in [-0.4, -0.2) is 46.0 Å². The van der Waals surface area contributed by atoms with E-state index in [1.165, 1.54) is 48.0 Å². The third-order valence-corrected chi connectivity index (χ3v) is 7.03. The molecule has 4 aliphatic rings. The number of piperidine rings is 3. The van der Waals surface area contributed by atoms with Crippen molar-refractivity contribution in [3.05, 3.63) is 71.4 Å². The highest BCUT2D eigenvalue weighted by molar-refractivity contribution is 6.09. The molecule has 3 saturated heterocycles. The number of amides is 1. The zero-order chi connectivity index (χ0) is 18.7. The number of aromatic nitrogens is 1. The summed E-state index contributed by atoms with van der Waals surface area (Å²) in [6.45, 7) is 5.05. The number of hydrogen-bond donors (Lipinski definition) is 0. The number of hydrogen-bond acceptors (Lipinski definition) is 2. The Morgan fingerprint density at radius 2 is 1.79 bits per heavy atom. The van der Waals surface area contributed by atoms with Crippen LogP contribution in [0.15, 0.2) is 54.7 Å². The molecule has 1 aromatic heterocycles. The van der Waals surface area contributed by atoms with Gasteiger partial charge in [-0.05, 0) is 55.1 Å².